The van der Waals surface area contributed by atoms with Gasteiger partial charge in [0.15, 0.2) is 5.82 Å². The average molecular weight is 212 g/mol. The minimum absolute atomic E-state index is 0.464. The quantitative estimate of drug-likeness (QED) is 0.814. The number of hydrogen-bond acceptors (Lipinski definition) is 2. The predicted octanol–water partition coefficient (Wildman–Crippen LogP) is 2.30. The van der Waals surface area contributed by atoms with Crippen molar-refractivity contribution in [1.82, 2.24) is 4.98 Å². The van der Waals surface area contributed by atoms with Gasteiger partial charge >= 0.3 is 0 Å². The third-order valence-corrected chi connectivity index (χ3v) is 1.65. The minimum Gasteiger partial charge on any atom is -0.390 e. The molecule has 1 rings (SSSR count). The Bertz CT molecular complexity index is 319. The molecule has 0 aliphatic rings. The molecule has 0 radical (unpaired) electrons. The van der Waals surface area contributed by atoms with E-state index in [4.69, 9.17) is 16.7 Å². The van der Waals surface area contributed by atoms with Gasteiger partial charge in [0.25, 0.3) is 6.43 Å². The average Bonchev–Trinajstić information content (AvgIpc) is 2.09. The summed E-state index contributed by atoms with van der Waals surface area (Å²) >= 11 is 5.28. The van der Waals surface area contributed by atoms with Crippen molar-refractivity contribution in [3.8, 4) is 0 Å². The Morgan fingerprint density at radius 1 is 1.54 bits per heavy atom. The molecule has 0 aromatic carbocycles. The van der Waals surface area contributed by atoms with Gasteiger partial charge in [-0.25, -0.2) is 18.2 Å². The highest BCUT2D eigenvalue weighted by Crippen LogP contribution is 2.24. The van der Waals surface area contributed by atoms with E-state index in [-0.39, 0.29) is 0 Å². The molecule has 1 aromatic rings. The van der Waals surface area contributed by atoms with Crippen LogP contribution in [0.1, 0.15) is 17.8 Å². The molecule has 0 atom stereocenters. The number of aliphatic hydroxyl groups is 1. The molecule has 0 saturated carbocycles. The van der Waals surface area contributed by atoms with Gasteiger partial charge in [0.1, 0.15) is 11.4 Å². The fourth-order valence-electron chi connectivity index (χ4n) is 0.785. The number of aliphatic hydroxyl groups excluding tert-OH is 1. The highest BCUT2D eigenvalue weighted by molar-refractivity contribution is 6.30. The second-order valence-corrected chi connectivity index (χ2v) is 2.66. The Hall–Kier alpha value is -0.810. The summed E-state index contributed by atoms with van der Waals surface area (Å²) in [4.78, 5) is 3.19. The molecule has 0 bridgehead atoms. The van der Waals surface area contributed by atoms with Gasteiger partial charge in [-0.1, -0.05) is 11.6 Å². The van der Waals surface area contributed by atoms with Gasteiger partial charge in [-0.2, -0.15) is 0 Å². The number of halogens is 4. The summed E-state index contributed by atoms with van der Waals surface area (Å²) in [5.41, 5.74) is -1.11. The van der Waals surface area contributed by atoms with Gasteiger partial charge in [0, 0.05) is 0 Å². The summed E-state index contributed by atoms with van der Waals surface area (Å²) in [5.74, 6) is -0.964. The van der Waals surface area contributed by atoms with Gasteiger partial charge in [0.05, 0.1) is 11.6 Å². The zero-order valence-corrected chi connectivity index (χ0v) is 7.02. The molecule has 0 saturated heterocycles. The van der Waals surface area contributed by atoms with Crippen molar-refractivity contribution < 1.29 is 18.3 Å². The van der Waals surface area contributed by atoms with Crippen molar-refractivity contribution in [2.24, 2.45) is 0 Å². The Morgan fingerprint density at radius 2 is 2.15 bits per heavy atom. The van der Waals surface area contributed by atoms with Crippen molar-refractivity contribution >= 4 is 11.6 Å². The fourth-order valence-corrected chi connectivity index (χ4v) is 1.01. The number of aromatic nitrogens is 1. The summed E-state index contributed by atoms with van der Waals surface area (Å²) in [7, 11) is 0. The molecule has 0 fully saturated rings. The summed E-state index contributed by atoms with van der Waals surface area (Å²) in [5, 5.41) is 8.08. The molecule has 1 N–H and O–H groups in total. The molecular formula is C7H5ClF3NO. The van der Waals surface area contributed by atoms with Crippen LogP contribution in [0.2, 0.25) is 5.02 Å². The lowest BCUT2D eigenvalue weighted by Gasteiger charge is -2.04. The van der Waals surface area contributed by atoms with Crippen LogP contribution in [0.3, 0.4) is 0 Å². The van der Waals surface area contributed by atoms with E-state index >= 15 is 0 Å². The largest absolute Gasteiger partial charge is 0.390 e. The molecular weight excluding hydrogens is 207 g/mol. The summed E-state index contributed by atoms with van der Waals surface area (Å²) in [6.45, 7) is -0.758. The van der Waals surface area contributed by atoms with Gasteiger partial charge in [0.2, 0.25) is 0 Å². The van der Waals surface area contributed by atoms with Gasteiger partial charge in [-0.15, -0.1) is 0 Å². The van der Waals surface area contributed by atoms with E-state index in [0.29, 0.717) is 0 Å². The van der Waals surface area contributed by atoms with E-state index < -0.39 is 35.3 Å². The van der Waals surface area contributed by atoms with E-state index in [2.05, 4.69) is 4.98 Å². The molecule has 72 valence electrons. The Balaban J connectivity index is 3.22. The first-order valence-electron chi connectivity index (χ1n) is 3.30. The lowest BCUT2D eigenvalue weighted by atomic mass is 10.3. The van der Waals surface area contributed by atoms with Crippen molar-refractivity contribution in [2.75, 3.05) is 0 Å². The third kappa shape index (κ3) is 2.10. The molecule has 1 heterocycles. The zero-order valence-electron chi connectivity index (χ0n) is 6.27. The van der Waals surface area contributed by atoms with Crippen LogP contribution in [0.25, 0.3) is 0 Å². The smallest absolute Gasteiger partial charge is 0.280 e. The standard InChI is InChI=1S/C7H5ClF3NO/c8-3-1-4(7(10)11)12-5(2-13)6(3)9/h1,7,13H,2H2. The monoisotopic (exact) mass is 211 g/mol. The van der Waals surface area contributed by atoms with Crippen LogP contribution >= 0.6 is 11.6 Å². The maximum Gasteiger partial charge on any atom is 0.280 e. The lowest BCUT2D eigenvalue weighted by molar-refractivity contribution is 0.144. The third-order valence-electron chi connectivity index (χ3n) is 1.38. The number of alkyl halides is 2. The topological polar surface area (TPSA) is 33.1 Å². The second kappa shape index (κ2) is 3.93. The Morgan fingerprint density at radius 3 is 2.62 bits per heavy atom. The van der Waals surface area contributed by atoms with Crippen LogP contribution in [-0.4, -0.2) is 10.1 Å². The SMILES string of the molecule is OCc1nc(C(F)F)cc(Cl)c1F. The number of rotatable bonds is 2. The molecule has 0 aliphatic carbocycles. The fraction of sp³-hybridized carbons (Fsp3) is 0.286. The molecule has 0 aliphatic heterocycles. The van der Waals surface area contributed by atoms with Crippen LogP contribution in [0, 0.1) is 5.82 Å². The minimum atomic E-state index is -2.83. The normalized spacial score (nSPS) is 10.9. The van der Waals surface area contributed by atoms with E-state index in [9.17, 15) is 13.2 Å². The highest BCUT2D eigenvalue weighted by atomic mass is 35.5. The van der Waals surface area contributed by atoms with Crippen molar-refractivity contribution in [2.45, 2.75) is 13.0 Å². The van der Waals surface area contributed by atoms with Crippen LogP contribution in [-0.2, 0) is 6.61 Å². The number of pyridine rings is 1. The lowest BCUT2D eigenvalue weighted by Crippen LogP contribution is -2.00. The molecule has 0 amide bonds. The molecule has 2 nitrogen and oxygen atoms in total. The Kier molecular flexibility index (Phi) is 3.11. The maximum atomic E-state index is 12.8. The van der Waals surface area contributed by atoms with Gasteiger partial charge < -0.3 is 5.11 Å². The predicted molar refractivity (Wildman–Crippen MR) is 40.1 cm³/mol. The summed E-state index contributed by atoms with van der Waals surface area (Å²) in [6.07, 6.45) is -2.83. The molecule has 0 unspecified atom stereocenters. The van der Waals surface area contributed by atoms with Crippen LogP contribution in [0.15, 0.2) is 6.07 Å². The second-order valence-electron chi connectivity index (χ2n) is 2.25. The summed E-state index contributed by atoms with van der Waals surface area (Å²) in [6, 6.07) is 0.737. The van der Waals surface area contributed by atoms with Crippen LogP contribution in [0.5, 0.6) is 0 Å². The molecule has 6 heteroatoms. The van der Waals surface area contributed by atoms with Crippen molar-refractivity contribution in [3.05, 3.63) is 28.3 Å². The first-order valence-corrected chi connectivity index (χ1v) is 3.68. The van der Waals surface area contributed by atoms with E-state index in [1.54, 1.807) is 0 Å². The van der Waals surface area contributed by atoms with Crippen molar-refractivity contribution in [3.63, 3.8) is 0 Å². The molecule has 0 spiro atoms. The molecule has 1 aromatic heterocycles. The van der Waals surface area contributed by atoms with E-state index in [0.717, 1.165) is 6.07 Å². The Labute approximate surface area is 77.0 Å². The van der Waals surface area contributed by atoms with E-state index in [1.165, 1.54) is 0 Å². The van der Waals surface area contributed by atoms with Crippen molar-refractivity contribution in [1.29, 1.82) is 0 Å². The van der Waals surface area contributed by atoms with Crippen LogP contribution in [0.4, 0.5) is 13.2 Å². The highest BCUT2D eigenvalue weighted by Gasteiger charge is 2.15. The number of hydrogen-bond donors (Lipinski definition) is 1. The van der Waals surface area contributed by atoms with Gasteiger partial charge in [-0.3, -0.25) is 0 Å². The molecule has 13 heavy (non-hydrogen) atoms. The number of nitrogens with zero attached hydrogens (tertiary/aromatic N) is 1. The first-order chi connectivity index (χ1) is 6.06. The zero-order chi connectivity index (χ0) is 10.0. The first kappa shape index (κ1) is 10.3. The maximum absolute atomic E-state index is 12.8. The van der Waals surface area contributed by atoms with Crippen LogP contribution < -0.4 is 0 Å². The van der Waals surface area contributed by atoms with E-state index in [1.807, 2.05) is 0 Å². The summed E-state index contributed by atoms with van der Waals surface area (Å²) < 4.78 is 37.0. The van der Waals surface area contributed by atoms with Gasteiger partial charge in [-0.05, 0) is 6.07 Å².